The van der Waals surface area contributed by atoms with E-state index in [1.165, 1.54) is 0 Å². The molecule has 2 aromatic rings. The number of nitrogens with zero attached hydrogens (tertiary/aromatic N) is 2. The predicted octanol–water partition coefficient (Wildman–Crippen LogP) is 3.48. The molecule has 96 valence electrons. The smallest absolute Gasteiger partial charge is 0.234 e. The lowest BCUT2D eigenvalue weighted by molar-refractivity contribution is 0.442. The monoisotopic (exact) mass is 244 g/mol. The molecule has 0 unspecified atom stereocenters. The van der Waals surface area contributed by atoms with Crippen molar-refractivity contribution in [1.29, 1.82) is 0 Å². The lowest BCUT2D eigenvalue weighted by atomic mass is 10.1. The first-order valence-corrected chi connectivity index (χ1v) is 6.63. The van der Waals surface area contributed by atoms with Crippen molar-refractivity contribution < 1.29 is 5.11 Å². The van der Waals surface area contributed by atoms with Gasteiger partial charge in [-0.3, -0.25) is 0 Å². The van der Waals surface area contributed by atoms with Crippen molar-refractivity contribution in [3.63, 3.8) is 0 Å². The van der Waals surface area contributed by atoms with Crippen molar-refractivity contribution in [3.8, 4) is 11.6 Å². The van der Waals surface area contributed by atoms with Crippen LogP contribution in [0.3, 0.4) is 0 Å². The predicted molar refractivity (Wildman–Crippen MR) is 73.2 cm³/mol. The van der Waals surface area contributed by atoms with Gasteiger partial charge < -0.3 is 5.11 Å². The molecule has 0 aliphatic heterocycles. The van der Waals surface area contributed by atoms with Gasteiger partial charge in [-0.05, 0) is 25.0 Å². The molecule has 0 aliphatic rings. The molecule has 0 fully saturated rings. The average molecular weight is 244 g/mol. The largest absolute Gasteiger partial charge is 0.492 e. The van der Waals surface area contributed by atoms with Gasteiger partial charge >= 0.3 is 0 Å². The van der Waals surface area contributed by atoms with Crippen molar-refractivity contribution >= 4 is 0 Å². The Hall–Kier alpha value is -1.77. The summed E-state index contributed by atoms with van der Waals surface area (Å²) < 4.78 is 1.88. The molecule has 0 atom stereocenters. The molecule has 0 saturated heterocycles. The topological polar surface area (TPSA) is 38.1 Å². The van der Waals surface area contributed by atoms with E-state index < -0.39 is 0 Å². The Kier molecular flexibility index (Phi) is 4.03. The lowest BCUT2D eigenvalue weighted by Gasteiger charge is -2.07. The summed E-state index contributed by atoms with van der Waals surface area (Å²) in [7, 11) is 0. The van der Waals surface area contributed by atoms with Crippen LogP contribution in [0.1, 0.15) is 37.9 Å². The molecular formula is C15H20N2O. The van der Waals surface area contributed by atoms with Gasteiger partial charge in [-0.2, -0.15) is 0 Å². The Labute approximate surface area is 108 Å². The lowest BCUT2D eigenvalue weighted by Crippen LogP contribution is -2.03. The Morgan fingerprint density at radius 3 is 2.33 bits per heavy atom. The summed E-state index contributed by atoms with van der Waals surface area (Å²) in [6.07, 6.45) is 3.89. The fourth-order valence-corrected chi connectivity index (χ4v) is 2.25. The second kappa shape index (κ2) is 5.71. The number of benzene rings is 1. The number of hydrogen-bond acceptors (Lipinski definition) is 2. The molecule has 0 radical (unpaired) electrons. The highest BCUT2D eigenvalue weighted by molar-refractivity contribution is 5.39. The van der Waals surface area contributed by atoms with Crippen LogP contribution in [0.2, 0.25) is 0 Å². The van der Waals surface area contributed by atoms with Gasteiger partial charge in [-0.25, -0.2) is 4.68 Å². The fraction of sp³-hybridized carbons (Fsp3) is 0.400. The van der Waals surface area contributed by atoms with E-state index in [-0.39, 0.29) is 5.88 Å². The first-order valence-electron chi connectivity index (χ1n) is 6.63. The van der Waals surface area contributed by atoms with Gasteiger partial charge in [0, 0.05) is 5.56 Å². The first-order chi connectivity index (χ1) is 8.77. The number of hydrogen-bond donors (Lipinski definition) is 1. The summed E-state index contributed by atoms with van der Waals surface area (Å²) in [6.45, 7) is 4.27. The summed E-state index contributed by atoms with van der Waals surface area (Å²) in [5.74, 6) is 0.184. The van der Waals surface area contributed by atoms with Crippen molar-refractivity contribution in [1.82, 2.24) is 9.78 Å². The summed E-state index contributed by atoms with van der Waals surface area (Å²) in [4.78, 5) is 0. The minimum Gasteiger partial charge on any atom is -0.492 e. The third kappa shape index (κ3) is 2.40. The standard InChI is InChI=1S/C15H20N2O/c1-3-8-13-14(9-4-2)17(16-15(13)18)12-10-6-5-7-11-12/h5-7,10-11H,3-4,8-9H2,1-2H3,(H,16,18). The van der Waals surface area contributed by atoms with Crippen LogP contribution in [0, 0.1) is 0 Å². The Morgan fingerprint density at radius 1 is 1.06 bits per heavy atom. The van der Waals surface area contributed by atoms with Gasteiger partial charge in [0.15, 0.2) is 0 Å². The van der Waals surface area contributed by atoms with Gasteiger partial charge in [0.05, 0.1) is 11.4 Å². The maximum Gasteiger partial charge on any atom is 0.234 e. The molecule has 18 heavy (non-hydrogen) atoms. The van der Waals surface area contributed by atoms with Crippen LogP contribution in [0.4, 0.5) is 0 Å². The van der Waals surface area contributed by atoms with Crippen LogP contribution in [-0.2, 0) is 12.8 Å². The highest BCUT2D eigenvalue weighted by Gasteiger charge is 2.16. The minimum absolute atomic E-state index is 0.184. The summed E-state index contributed by atoms with van der Waals surface area (Å²) in [5.41, 5.74) is 3.16. The van der Waals surface area contributed by atoms with Crippen LogP contribution in [0.5, 0.6) is 5.88 Å². The molecule has 1 heterocycles. The summed E-state index contributed by atoms with van der Waals surface area (Å²) in [6, 6.07) is 9.99. The van der Waals surface area contributed by atoms with Crippen LogP contribution in [0.25, 0.3) is 5.69 Å². The van der Waals surface area contributed by atoms with E-state index in [1.54, 1.807) is 0 Å². The second-order valence-corrected chi connectivity index (χ2v) is 4.50. The van der Waals surface area contributed by atoms with Crippen molar-refractivity contribution in [3.05, 3.63) is 41.6 Å². The third-order valence-electron chi connectivity index (χ3n) is 3.06. The number of aromatic hydroxyl groups is 1. The maximum absolute atomic E-state index is 10.00. The van der Waals surface area contributed by atoms with Crippen molar-refractivity contribution in [2.75, 3.05) is 0 Å². The summed E-state index contributed by atoms with van der Waals surface area (Å²) in [5, 5.41) is 14.3. The van der Waals surface area contributed by atoms with E-state index in [2.05, 4.69) is 18.9 Å². The van der Waals surface area contributed by atoms with E-state index in [0.29, 0.717) is 0 Å². The zero-order valence-corrected chi connectivity index (χ0v) is 11.1. The Morgan fingerprint density at radius 2 is 1.72 bits per heavy atom. The molecule has 0 aliphatic carbocycles. The van der Waals surface area contributed by atoms with E-state index in [4.69, 9.17) is 0 Å². The average Bonchev–Trinajstić information content (AvgIpc) is 2.70. The van der Waals surface area contributed by atoms with Crippen molar-refractivity contribution in [2.24, 2.45) is 0 Å². The molecule has 1 aromatic heterocycles. The zero-order chi connectivity index (χ0) is 13.0. The number of para-hydroxylation sites is 1. The molecule has 1 N–H and O–H groups in total. The fourth-order valence-electron chi connectivity index (χ4n) is 2.25. The Bertz CT molecular complexity index is 503. The molecule has 3 heteroatoms. The van der Waals surface area contributed by atoms with Gasteiger partial charge in [-0.1, -0.05) is 44.9 Å². The van der Waals surface area contributed by atoms with Crippen LogP contribution in [-0.4, -0.2) is 14.9 Å². The van der Waals surface area contributed by atoms with Gasteiger partial charge in [0.25, 0.3) is 0 Å². The summed E-state index contributed by atoms with van der Waals surface area (Å²) >= 11 is 0. The molecule has 2 rings (SSSR count). The number of aromatic nitrogens is 2. The van der Waals surface area contributed by atoms with Crippen molar-refractivity contribution in [2.45, 2.75) is 39.5 Å². The zero-order valence-electron chi connectivity index (χ0n) is 11.1. The van der Waals surface area contributed by atoms with E-state index in [1.807, 2.05) is 35.0 Å². The molecule has 1 aromatic carbocycles. The Balaban J connectivity index is 2.50. The molecule has 0 bridgehead atoms. The SMILES string of the molecule is CCCc1c(O)nn(-c2ccccc2)c1CCC. The van der Waals surface area contributed by atoms with E-state index in [0.717, 1.165) is 42.6 Å². The highest BCUT2D eigenvalue weighted by Crippen LogP contribution is 2.26. The van der Waals surface area contributed by atoms with E-state index >= 15 is 0 Å². The maximum atomic E-state index is 10.00. The molecule has 3 nitrogen and oxygen atoms in total. The van der Waals surface area contributed by atoms with E-state index in [9.17, 15) is 5.11 Å². The molecule has 0 amide bonds. The first kappa shape index (κ1) is 12.7. The quantitative estimate of drug-likeness (QED) is 0.874. The number of rotatable bonds is 5. The molecular weight excluding hydrogens is 224 g/mol. The molecule has 0 saturated carbocycles. The minimum atomic E-state index is 0.184. The van der Waals surface area contributed by atoms with Crippen LogP contribution in [0.15, 0.2) is 30.3 Å². The van der Waals surface area contributed by atoms with Crippen LogP contribution < -0.4 is 0 Å². The van der Waals surface area contributed by atoms with Gasteiger partial charge in [-0.15, -0.1) is 5.10 Å². The van der Waals surface area contributed by atoms with Gasteiger partial charge in [0.1, 0.15) is 0 Å². The highest BCUT2D eigenvalue weighted by atomic mass is 16.3. The van der Waals surface area contributed by atoms with Crippen LogP contribution >= 0.6 is 0 Å². The van der Waals surface area contributed by atoms with Gasteiger partial charge in [0.2, 0.25) is 5.88 Å². The normalized spacial score (nSPS) is 10.8. The third-order valence-corrected chi connectivity index (χ3v) is 3.06. The second-order valence-electron chi connectivity index (χ2n) is 4.50. The molecule has 0 spiro atoms.